The quantitative estimate of drug-likeness (QED) is 0.854. The fraction of sp³-hybridized carbons (Fsp3) is 0.667. The zero-order chi connectivity index (χ0) is 14.4. The van der Waals surface area contributed by atoms with Gasteiger partial charge in [-0.1, -0.05) is 44.2 Å². The van der Waals surface area contributed by atoms with E-state index in [2.05, 4.69) is 61.3 Å². The van der Waals surface area contributed by atoms with Crippen LogP contribution in [-0.4, -0.2) is 37.1 Å². The van der Waals surface area contributed by atoms with Crippen molar-refractivity contribution >= 4 is 0 Å². The maximum atomic E-state index is 3.76. The van der Waals surface area contributed by atoms with E-state index in [1.807, 2.05) is 0 Å². The van der Waals surface area contributed by atoms with Crippen LogP contribution in [0, 0.1) is 5.92 Å². The molecule has 1 aliphatic heterocycles. The minimum atomic E-state index is 0.592. The number of hydrogen-bond acceptors (Lipinski definition) is 2. The summed E-state index contributed by atoms with van der Waals surface area (Å²) in [6.07, 6.45) is 2.70. The van der Waals surface area contributed by atoms with Gasteiger partial charge in [-0.25, -0.2) is 0 Å². The maximum absolute atomic E-state index is 3.76. The van der Waals surface area contributed by atoms with Crippen LogP contribution >= 0.6 is 0 Å². The molecule has 0 saturated carbocycles. The van der Waals surface area contributed by atoms with Gasteiger partial charge in [0.25, 0.3) is 0 Å². The summed E-state index contributed by atoms with van der Waals surface area (Å²) in [5, 5.41) is 3.76. The van der Waals surface area contributed by atoms with Crippen molar-refractivity contribution in [3.8, 4) is 0 Å². The number of piperidine rings is 1. The molecule has 1 aromatic carbocycles. The van der Waals surface area contributed by atoms with Gasteiger partial charge in [-0.15, -0.1) is 0 Å². The fourth-order valence-corrected chi connectivity index (χ4v) is 3.20. The first-order chi connectivity index (χ1) is 9.70. The number of rotatable bonds is 6. The van der Waals surface area contributed by atoms with Crippen molar-refractivity contribution in [1.82, 2.24) is 10.2 Å². The molecule has 112 valence electrons. The average Bonchev–Trinajstić information content (AvgIpc) is 2.53. The largest absolute Gasteiger partial charge is 0.313 e. The Morgan fingerprint density at radius 3 is 2.40 bits per heavy atom. The molecule has 1 aliphatic rings. The Bertz CT molecular complexity index is 368. The van der Waals surface area contributed by atoms with Crippen molar-refractivity contribution in [2.24, 2.45) is 5.92 Å². The van der Waals surface area contributed by atoms with Crippen molar-refractivity contribution in [2.75, 3.05) is 26.2 Å². The Kier molecular flexibility index (Phi) is 6.06. The van der Waals surface area contributed by atoms with Crippen molar-refractivity contribution in [3.05, 3.63) is 35.9 Å². The third kappa shape index (κ3) is 4.32. The molecular weight excluding hydrogens is 244 g/mol. The SMILES string of the molecule is CCN1CCC(C(C)NCC(C)c2ccccc2)CC1. The van der Waals surface area contributed by atoms with Gasteiger partial charge < -0.3 is 10.2 Å². The second-order valence-electron chi connectivity index (χ2n) is 6.28. The normalized spacial score (nSPS) is 20.8. The van der Waals surface area contributed by atoms with E-state index in [-0.39, 0.29) is 0 Å². The predicted octanol–water partition coefficient (Wildman–Crippen LogP) is 3.50. The van der Waals surface area contributed by atoms with Gasteiger partial charge >= 0.3 is 0 Å². The van der Waals surface area contributed by atoms with Gasteiger partial charge in [0, 0.05) is 12.6 Å². The van der Waals surface area contributed by atoms with Crippen LogP contribution in [0.5, 0.6) is 0 Å². The zero-order valence-electron chi connectivity index (χ0n) is 13.3. The van der Waals surface area contributed by atoms with Crippen LogP contribution in [0.3, 0.4) is 0 Å². The summed E-state index contributed by atoms with van der Waals surface area (Å²) in [6, 6.07) is 11.5. The molecular formula is C18H30N2. The maximum Gasteiger partial charge on any atom is 0.00681 e. The van der Waals surface area contributed by atoms with E-state index in [1.165, 1.54) is 38.0 Å². The van der Waals surface area contributed by atoms with Crippen LogP contribution in [0.25, 0.3) is 0 Å². The molecule has 0 aromatic heterocycles. The summed E-state index contributed by atoms with van der Waals surface area (Å²) in [5.41, 5.74) is 1.44. The third-order valence-corrected chi connectivity index (χ3v) is 4.90. The predicted molar refractivity (Wildman–Crippen MR) is 87.2 cm³/mol. The van der Waals surface area contributed by atoms with E-state index in [0.29, 0.717) is 12.0 Å². The number of benzene rings is 1. The minimum absolute atomic E-state index is 0.592. The standard InChI is InChI=1S/C18H30N2/c1-4-20-12-10-18(11-13-20)16(3)19-14-15(2)17-8-6-5-7-9-17/h5-9,15-16,18-19H,4,10-14H2,1-3H3. The van der Waals surface area contributed by atoms with Gasteiger partial charge in [0.05, 0.1) is 0 Å². The molecule has 0 amide bonds. The number of hydrogen-bond donors (Lipinski definition) is 1. The number of likely N-dealkylation sites (tertiary alicyclic amines) is 1. The van der Waals surface area contributed by atoms with Crippen molar-refractivity contribution in [2.45, 2.75) is 45.6 Å². The minimum Gasteiger partial charge on any atom is -0.313 e. The van der Waals surface area contributed by atoms with E-state index < -0.39 is 0 Å². The van der Waals surface area contributed by atoms with Crippen LogP contribution in [0.15, 0.2) is 30.3 Å². The highest BCUT2D eigenvalue weighted by atomic mass is 15.1. The van der Waals surface area contributed by atoms with Gasteiger partial charge in [-0.2, -0.15) is 0 Å². The molecule has 1 aromatic rings. The van der Waals surface area contributed by atoms with Gasteiger partial charge in [0.1, 0.15) is 0 Å². The lowest BCUT2D eigenvalue weighted by atomic mass is 9.90. The highest BCUT2D eigenvalue weighted by molar-refractivity contribution is 5.19. The zero-order valence-corrected chi connectivity index (χ0v) is 13.3. The average molecular weight is 274 g/mol. The van der Waals surface area contributed by atoms with Gasteiger partial charge in [-0.05, 0) is 56.8 Å². The van der Waals surface area contributed by atoms with E-state index >= 15 is 0 Å². The first kappa shape index (κ1) is 15.5. The van der Waals surface area contributed by atoms with E-state index in [4.69, 9.17) is 0 Å². The van der Waals surface area contributed by atoms with E-state index in [0.717, 1.165) is 12.5 Å². The Morgan fingerprint density at radius 2 is 1.80 bits per heavy atom. The molecule has 0 aliphatic carbocycles. The second-order valence-corrected chi connectivity index (χ2v) is 6.28. The first-order valence-corrected chi connectivity index (χ1v) is 8.21. The third-order valence-electron chi connectivity index (χ3n) is 4.90. The molecule has 1 fully saturated rings. The number of nitrogens with one attached hydrogen (secondary N) is 1. The fourth-order valence-electron chi connectivity index (χ4n) is 3.20. The Hall–Kier alpha value is -0.860. The lowest BCUT2D eigenvalue weighted by Gasteiger charge is -2.35. The van der Waals surface area contributed by atoms with E-state index in [1.54, 1.807) is 0 Å². The van der Waals surface area contributed by atoms with Crippen LogP contribution in [-0.2, 0) is 0 Å². The Labute approximate surface area is 124 Å². The summed E-state index contributed by atoms with van der Waals surface area (Å²) < 4.78 is 0. The first-order valence-electron chi connectivity index (χ1n) is 8.21. The highest BCUT2D eigenvalue weighted by Gasteiger charge is 2.23. The van der Waals surface area contributed by atoms with Crippen LogP contribution in [0.4, 0.5) is 0 Å². The summed E-state index contributed by atoms with van der Waals surface area (Å²) in [7, 11) is 0. The molecule has 2 nitrogen and oxygen atoms in total. The molecule has 1 saturated heterocycles. The monoisotopic (exact) mass is 274 g/mol. The van der Waals surface area contributed by atoms with Gasteiger partial charge in [0.2, 0.25) is 0 Å². The lowest BCUT2D eigenvalue weighted by molar-refractivity contribution is 0.168. The van der Waals surface area contributed by atoms with E-state index in [9.17, 15) is 0 Å². The molecule has 2 rings (SSSR count). The van der Waals surface area contributed by atoms with Gasteiger partial charge in [0.15, 0.2) is 0 Å². The van der Waals surface area contributed by atoms with Crippen molar-refractivity contribution in [1.29, 1.82) is 0 Å². The van der Waals surface area contributed by atoms with Crippen molar-refractivity contribution < 1.29 is 0 Å². The molecule has 0 spiro atoms. The topological polar surface area (TPSA) is 15.3 Å². The van der Waals surface area contributed by atoms with Crippen LogP contribution < -0.4 is 5.32 Å². The number of nitrogens with zero attached hydrogens (tertiary/aromatic N) is 1. The van der Waals surface area contributed by atoms with Crippen molar-refractivity contribution in [3.63, 3.8) is 0 Å². The van der Waals surface area contributed by atoms with Crippen LogP contribution in [0.2, 0.25) is 0 Å². The highest BCUT2D eigenvalue weighted by Crippen LogP contribution is 2.21. The molecule has 1 N–H and O–H groups in total. The molecule has 0 bridgehead atoms. The Morgan fingerprint density at radius 1 is 1.15 bits per heavy atom. The second kappa shape index (κ2) is 7.80. The smallest absolute Gasteiger partial charge is 0.00681 e. The summed E-state index contributed by atoms with van der Waals surface area (Å²) in [6.45, 7) is 11.8. The molecule has 1 heterocycles. The summed E-state index contributed by atoms with van der Waals surface area (Å²) >= 11 is 0. The van der Waals surface area contributed by atoms with Gasteiger partial charge in [-0.3, -0.25) is 0 Å². The lowest BCUT2D eigenvalue weighted by Crippen LogP contribution is -2.42. The molecule has 2 atom stereocenters. The summed E-state index contributed by atoms with van der Waals surface area (Å²) in [5.74, 6) is 1.44. The molecule has 2 heteroatoms. The molecule has 0 radical (unpaired) electrons. The molecule has 2 unspecified atom stereocenters. The summed E-state index contributed by atoms with van der Waals surface area (Å²) in [4.78, 5) is 2.57. The van der Waals surface area contributed by atoms with Crippen LogP contribution in [0.1, 0.15) is 45.1 Å². The molecule has 20 heavy (non-hydrogen) atoms. The Balaban J connectivity index is 1.74.